The molecule has 0 fully saturated rings. The molecule has 0 saturated carbocycles. The van der Waals surface area contributed by atoms with Crippen LogP contribution in [0.2, 0.25) is 0 Å². The number of carbonyl (C=O) groups is 1. The van der Waals surface area contributed by atoms with Gasteiger partial charge in [-0.05, 0) is 30.9 Å². The minimum atomic E-state index is -0.761. The van der Waals surface area contributed by atoms with Crippen LogP contribution in [-0.4, -0.2) is 29.1 Å². The molecule has 0 aliphatic heterocycles. The minimum absolute atomic E-state index is 0.366. The summed E-state index contributed by atoms with van der Waals surface area (Å²) in [6.45, 7) is 8.05. The number of nitrogens with zero attached hydrogens (tertiary/aromatic N) is 2. The molecule has 1 rings (SSSR count). The molecule has 0 saturated heterocycles. The van der Waals surface area contributed by atoms with Crippen LogP contribution in [0.1, 0.15) is 39.2 Å². The summed E-state index contributed by atoms with van der Waals surface area (Å²) in [7, 11) is 0. The van der Waals surface area contributed by atoms with E-state index in [0.717, 1.165) is 37.3 Å². The molecule has 4 nitrogen and oxygen atoms in total. The molecule has 1 heterocycles. The molecule has 1 aromatic rings. The molecule has 1 N–H and O–H groups in total. The van der Waals surface area contributed by atoms with E-state index >= 15 is 0 Å². The Labute approximate surface area is 115 Å². The quantitative estimate of drug-likeness (QED) is 0.784. The van der Waals surface area contributed by atoms with E-state index in [2.05, 4.69) is 23.7 Å². The number of carboxylic acids is 1. The van der Waals surface area contributed by atoms with Crippen molar-refractivity contribution in [1.29, 1.82) is 0 Å². The fourth-order valence-electron chi connectivity index (χ4n) is 2.05. The molecule has 0 aromatic carbocycles. The molecule has 19 heavy (non-hydrogen) atoms. The Hall–Kier alpha value is -1.58. The van der Waals surface area contributed by atoms with Gasteiger partial charge in [-0.3, -0.25) is 4.79 Å². The zero-order valence-corrected chi connectivity index (χ0v) is 12.1. The topological polar surface area (TPSA) is 53.4 Å². The van der Waals surface area contributed by atoms with Crippen LogP contribution in [0.5, 0.6) is 0 Å². The van der Waals surface area contributed by atoms with Gasteiger partial charge in [0.1, 0.15) is 5.82 Å². The van der Waals surface area contributed by atoms with Crippen molar-refractivity contribution in [3.05, 3.63) is 23.9 Å². The molecular formula is C15H24N2O2. The van der Waals surface area contributed by atoms with Gasteiger partial charge < -0.3 is 10.0 Å². The second-order valence-corrected chi connectivity index (χ2v) is 4.96. The summed E-state index contributed by atoms with van der Waals surface area (Å²) in [6.07, 6.45) is 4.52. The lowest BCUT2D eigenvalue weighted by atomic mass is 10.0. The second-order valence-electron chi connectivity index (χ2n) is 4.96. The molecule has 0 bridgehead atoms. The standard InChI is InChI=1S/C15H24N2O2/c1-4-8-17(9-5-2)14-7-6-13(11-16-14)10-12(3)15(18)19/h6-7,11-12H,4-5,8-10H2,1-3H3,(H,18,19)/t12-/m0/s1. The molecule has 0 radical (unpaired) electrons. The Balaban J connectivity index is 2.71. The fraction of sp³-hybridized carbons (Fsp3) is 0.600. The average Bonchev–Trinajstić information content (AvgIpc) is 2.39. The van der Waals surface area contributed by atoms with Crippen LogP contribution in [0.3, 0.4) is 0 Å². The maximum absolute atomic E-state index is 10.8. The van der Waals surface area contributed by atoms with Crippen LogP contribution in [0, 0.1) is 5.92 Å². The highest BCUT2D eigenvalue weighted by atomic mass is 16.4. The van der Waals surface area contributed by atoms with Gasteiger partial charge in [0.15, 0.2) is 0 Å². The van der Waals surface area contributed by atoms with Gasteiger partial charge in [-0.15, -0.1) is 0 Å². The molecule has 0 aliphatic rings. The molecule has 1 aromatic heterocycles. The Bertz CT molecular complexity index is 384. The summed E-state index contributed by atoms with van der Waals surface area (Å²) in [5.74, 6) is -0.145. The first-order valence-electron chi connectivity index (χ1n) is 7.01. The summed E-state index contributed by atoms with van der Waals surface area (Å²) in [4.78, 5) is 17.6. The van der Waals surface area contributed by atoms with Gasteiger partial charge in [0.05, 0.1) is 5.92 Å². The van der Waals surface area contributed by atoms with Crippen LogP contribution < -0.4 is 4.90 Å². The Morgan fingerprint density at radius 1 is 1.32 bits per heavy atom. The van der Waals surface area contributed by atoms with Crippen molar-refractivity contribution in [3.8, 4) is 0 Å². The number of hydrogen-bond donors (Lipinski definition) is 1. The summed E-state index contributed by atoms with van der Waals surface area (Å²) in [6, 6.07) is 3.98. The normalized spacial score (nSPS) is 12.2. The first-order valence-corrected chi connectivity index (χ1v) is 7.01. The Morgan fingerprint density at radius 3 is 2.37 bits per heavy atom. The number of aliphatic carboxylic acids is 1. The maximum Gasteiger partial charge on any atom is 0.306 e. The first-order chi connectivity index (χ1) is 9.08. The van der Waals surface area contributed by atoms with Crippen molar-refractivity contribution < 1.29 is 9.90 Å². The van der Waals surface area contributed by atoms with Crippen LogP contribution >= 0.6 is 0 Å². The van der Waals surface area contributed by atoms with E-state index in [0.29, 0.717) is 6.42 Å². The molecule has 0 unspecified atom stereocenters. The Kier molecular flexibility index (Phi) is 6.33. The predicted molar refractivity (Wildman–Crippen MR) is 77.5 cm³/mol. The van der Waals surface area contributed by atoms with E-state index in [4.69, 9.17) is 5.11 Å². The maximum atomic E-state index is 10.8. The first kappa shape index (κ1) is 15.5. The van der Waals surface area contributed by atoms with Gasteiger partial charge in [0.25, 0.3) is 0 Å². The molecule has 0 amide bonds. The van der Waals surface area contributed by atoms with Gasteiger partial charge in [0.2, 0.25) is 0 Å². The number of hydrogen-bond acceptors (Lipinski definition) is 3. The van der Waals surface area contributed by atoms with Gasteiger partial charge in [-0.25, -0.2) is 4.98 Å². The third-order valence-electron chi connectivity index (χ3n) is 3.08. The molecule has 106 valence electrons. The highest BCUT2D eigenvalue weighted by Gasteiger charge is 2.12. The van der Waals surface area contributed by atoms with Crippen molar-refractivity contribution in [2.24, 2.45) is 5.92 Å². The minimum Gasteiger partial charge on any atom is -0.481 e. The number of carboxylic acid groups (broad SMARTS) is 1. The van der Waals surface area contributed by atoms with Gasteiger partial charge in [0, 0.05) is 19.3 Å². The van der Waals surface area contributed by atoms with E-state index in [-0.39, 0.29) is 5.92 Å². The molecule has 0 spiro atoms. The number of pyridine rings is 1. The SMILES string of the molecule is CCCN(CCC)c1ccc(C[C@H](C)C(=O)O)cn1. The van der Waals surface area contributed by atoms with Gasteiger partial charge >= 0.3 is 5.97 Å². The molecular weight excluding hydrogens is 240 g/mol. The van der Waals surface area contributed by atoms with Crippen molar-refractivity contribution in [2.45, 2.75) is 40.0 Å². The third-order valence-corrected chi connectivity index (χ3v) is 3.08. The number of aromatic nitrogens is 1. The van der Waals surface area contributed by atoms with E-state index in [1.807, 2.05) is 12.1 Å². The largest absolute Gasteiger partial charge is 0.481 e. The van der Waals surface area contributed by atoms with E-state index in [9.17, 15) is 4.79 Å². The highest BCUT2D eigenvalue weighted by Crippen LogP contribution is 2.14. The zero-order chi connectivity index (χ0) is 14.3. The van der Waals surface area contributed by atoms with Gasteiger partial charge in [-0.1, -0.05) is 26.8 Å². The zero-order valence-electron chi connectivity index (χ0n) is 12.1. The van der Waals surface area contributed by atoms with Gasteiger partial charge in [-0.2, -0.15) is 0 Å². The van der Waals surface area contributed by atoms with Crippen LogP contribution in [0.15, 0.2) is 18.3 Å². The highest BCUT2D eigenvalue weighted by molar-refractivity contribution is 5.69. The second kappa shape index (κ2) is 7.77. The smallest absolute Gasteiger partial charge is 0.306 e. The van der Waals surface area contributed by atoms with Crippen LogP contribution in [-0.2, 0) is 11.2 Å². The number of rotatable bonds is 8. The summed E-state index contributed by atoms with van der Waals surface area (Å²) >= 11 is 0. The average molecular weight is 264 g/mol. The van der Waals surface area contributed by atoms with Crippen molar-refractivity contribution >= 4 is 11.8 Å². The fourth-order valence-corrected chi connectivity index (χ4v) is 2.05. The van der Waals surface area contributed by atoms with Crippen molar-refractivity contribution in [1.82, 2.24) is 4.98 Å². The molecule has 1 atom stereocenters. The van der Waals surface area contributed by atoms with Crippen LogP contribution in [0.25, 0.3) is 0 Å². The van der Waals surface area contributed by atoms with E-state index < -0.39 is 5.97 Å². The van der Waals surface area contributed by atoms with Crippen LogP contribution in [0.4, 0.5) is 5.82 Å². The Morgan fingerprint density at radius 2 is 1.95 bits per heavy atom. The lowest BCUT2D eigenvalue weighted by molar-refractivity contribution is -0.141. The molecule has 0 aliphatic carbocycles. The summed E-state index contributed by atoms with van der Waals surface area (Å²) in [5, 5.41) is 8.90. The summed E-state index contributed by atoms with van der Waals surface area (Å²) in [5.41, 5.74) is 0.978. The number of anilines is 1. The van der Waals surface area contributed by atoms with Crippen molar-refractivity contribution in [3.63, 3.8) is 0 Å². The third kappa shape index (κ3) is 4.89. The van der Waals surface area contributed by atoms with E-state index in [1.54, 1.807) is 13.1 Å². The summed E-state index contributed by atoms with van der Waals surface area (Å²) < 4.78 is 0. The predicted octanol–water partition coefficient (Wildman–Crippen LogP) is 2.97. The van der Waals surface area contributed by atoms with Crippen molar-refractivity contribution in [2.75, 3.05) is 18.0 Å². The monoisotopic (exact) mass is 264 g/mol. The molecule has 4 heteroatoms. The van der Waals surface area contributed by atoms with E-state index in [1.165, 1.54) is 0 Å². The lowest BCUT2D eigenvalue weighted by Crippen LogP contribution is -2.25. The lowest BCUT2D eigenvalue weighted by Gasteiger charge is -2.22.